The predicted molar refractivity (Wildman–Crippen MR) is 99.1 cm³/mol. The molecule has 0 spiro atoms. The molecule has 0 radical (unpaired) electrons. The zero-order valence-electron chi connectivity index (χ0n) is 14.1. The first kappa shape index (κ1) is 19.3. The van der Waals surface area contributed by atoms with Crippen molar-refractivity contribution in [3.8, 4) is 11.3 Å². The van der Waals surface area contributed by atoms with E-state index in [1.165, 1.54) is 11.8 Å². The Morgan fingerprint density at radius 1 is 1.23 bits per heavy atom. The van der Waals surface area contributed by atoms with E-state index >= 15 is 0 Å². The first-order valence-corrected chi connectivity index (χ1v) is 9.16. The van der Waals surface area contributed by atoms with Gasteiger partial charge >= 0.3 is 6.03 Å². The molecule has 9 nitrogen and oxygen atoms in total. The number of amides is 4. The molecule has 26 heavy (non-hydrogen) atoms. The number of urea groups is 1. The van der Waals surface area contributed by atoms with Gasteiger partial charge in [-0.15, -0.1) is 0 Å². The van der Waals surface area contributed by atoms with Gasteiger partial charge in [-0.2, -0.15) is 16.9 Å². The van der Waals surface area contributed by atoms with Gasteiger partial charge in [0.25, 0.3) is 11.8 Å². The molecule has 1 aromatic carbocycles. The van der Waals surface area contributed by atoms with Crippen molar-refractivity contribution in [1.82, 2.24) is 26.4 Å². The molecule has 10 heteroatoms. The number of H-pyrrole nitrogens is 1. The van der Waals surface area contributed by atoms with Crippen molar-refractivity contribution in [2.75, 3.05) is 12.0 Å². The Labute approximate surface area is 154 Å². The van der Waals surface area contributed by atoms with Gasteiger partial charge in [0.05, 0.1) is 5.69 Å². The van der Waals surface area contributed by atoms with Crippen LogP contribution in [0.2, 0.25) is 0 Å². The standard InChI is InChI=1S/C16H20N6O3S/c1-26-8-7-11(18-16(17)25)14(23)21-22-15(24)13-9-12(19-20-13)10-5-3-2-4-6-10/h2-6,9,11H,7-8H2,1H3,(H,19,20)(H,21,23)(H,22,24)(H3,17,18,25)/t11-/m1/s1. The lowest BCUT2D eigenvalue weighted by Gasteiger charge is -2.16. The highest BCUT2D eigenvalue weighted by Gasteiger charge is 2.20. The molecule has 0 bridgehead atoms. The highest BCUT2D eigenvalue weighted by molar-refractivity contribution is 7.98. The van der Waals surface area contributed by atoms with Crippen LogP contribution in [0.15, 0.2) is 36.4 Å². The second kappa shape index (κ2) is 9.47. The van der Waals surface area contributed by atoms with Gasteiger partial charge in [-0.3, -0.25) is 25.5 Å². The summed E-state index contributed by atoms with van der Waals surface area (Å²) in [7, 11) is 0. The second-order valence-corrected chi connectivity index (χ2v) is 6.30. The lowest BCUT2D eigenvalue weighted by molar-refractivity contribution is -0.123. The number of nitrogens with two attached hydrogens (primary N) is 1. The molecule has 0 unspecified atom stereocenters. The fourth-order valence-corrected chi connectivity index (χ4v) is 2.62. The molecular formula is C16H20N6O3S. The number of carbonyl (C=O) groups excluding carboxylic acids is 3. The Balaban J connectivity index is 1.93. The summed E-state index contributed by atoms with van der Waals surface area (Å²) >= 11 is 1.52. The number of rotatable bonds is 7. The van der Waals surface area contributed by atoms with Crippen molar-refractivity contribution < 1.29 is 14.4 Å². The first-order valence-electron chi connectivity index (χ1n) is 7.77. The van der Waals surface area contributed by atoms with Gasteiger partial charge in [0.2, 0.25) is 0 Å². The molecule has 1 atom stereocenters. The Hall–Kier alpha value is -3.01. The highest BCUT2D eigenvalue weighted by atomic mass is 32.2. The number of aromatic amines is 1. The van der Waals surface area contributed by atoms with Crippen LogP contribution in [-0.4, -0.2) is 46.1 Å². The van der Waals surface area contributed by atoms with Gasteiger partial charge in [-0.1, -0.05) is 30.3 Å². The van der Waals surface area contributed by atoms with E-state index in [2.05, 4.69) is 26.4 Å². The fraction of sp³-hybridized carbons (Fsp3) is 0.250. The van der Waals surface area contributed by atoms with E-state index in [-0.39, 0.29) is 5.69 Å². The number of aromatic nitrogens is 2. The molecule has 2 aromatic rings. The molecule has 4 amide bonds. The lowest BCUT2D eigenvalue weighted by atomic mass is 10.1. The first-order chi connectivity index (χ1) is 12.5. The molecule has 0 saturated carbocycles. The minimum absolute atomic E-state index is 0.188. The van der Waals surface area contributed by atoms with Crippen LogP contribution < -0.4 is 21.9 Å². The summed E-state index contributed by atoms with van der Waals surface area (Å²) in [5, 5.41) is 9.04. The van der Waals surface area contributed by atoms with Gasteiger partial charge in [0.15, 0.2) is 0 Å². The lowest BCUT2D eigenvalue weighted by Crippen LogP contribution is -2.53. The maximum absolute atomic E-state index is 12.1. The number of benzene rings is 1. The summed E-state index contributed by atoms with van der Waals surface area (Å²) in [4.78, 5) is 35.3. The maximum atomic E-state index is 12.1. The molecular weight excluding hydrogens is 356 g/mol. The Bertz CT molecular complexity index is 764. The average molecular weight is 376 g/mol. The number of nitrogens with one attached hydrogen (secondary N) is 4. The van der Waals surface area contributed by atoms with Crippen LogP contribution in [0.25, 0.3) is 11.3 Å². The van der Waals surface area contributed by atoms with Crippen molar-refractivity contribution in [1.29, 1.82) is 0 Å². The number of nitrogens with zero attached hydrogens (tertiary/aromatic N) is 1. The summed E-state index contributed by atoms with van der Waals surface area (Å²) in [5.74, 6) is -0.475. The largest absolute Gasteiger partial charge is 0.352 e. The second-order valence-electron chi connectivity index (χ2n) is 5.32. The van der Waals surface area contributed by atoms with Gasteiger partial charge in [-0.05, 0) is 24.5 Å². The normalized spacial score (nSPS) is 11.4. The smallest absolute Gasteiger partial charge is 0.312 e. The molecule has 1 heterocycles. The molecule has 0 aliphatic carbocycles. The van der Waals surface area contributed by atoms with Crippen molar-refractivity contribution in [3.05, 3.63) is 42.1 Å². The van der Waals surface area contributed by atoms with E-state index in [1.807, 2.05) is 36.6 Å². The van der Waals surface area contributed by atoms with E-state index in [9.17, 15) is 14.4 Å². The summed E-state index contributed by atoms with van der Waals surface area (Å²) in [6.45, 7) is 0. The van der Waals surface area contributed by atoms with Crippen LogP contribution in [0.4, 0.5) is 4.79 Å². The number of hydrazine groups is 1. The number of hydrogen-bond acceptors (Lipinski definition) is 5. The molecule has 138 valence electrons. The summed E-state index contributed by atoms with van der Waals surface area (Å²) in [6, 6.07) is 9.28. The number of primary amides is 1. The van der Waals surface area contributed by atoms with Crippen LogP contribution in [0.3, 0.4) is 0 Å². The van der Waals surface area contributed by atoms with Crippen LogP contribution in [0.5, 0.6) is 0 Å². The molecule has 0 aliphatic heterocycles. The van der Waals surface area contributed by atoms with Gasteiger partial charge in [0.1, 0.15) is 11.7 Å². The predicted octanol–water partition coefficient (Wildman–Crippen LogP) is 0.628. The van der Waals surface area contributed by atoms with Crippen molar-refractivity contribution in [2.24, 2.45) is 5.73 Å². The average Bonchev–Trinajstić information content (AvgIpc) is 3.13. The third-order valence-corrected chi connectivity index (χ3v) is 4.08. The fourth-order valence-electron chi connectivity index (χ4n) is 2.14. The zero-order chi connectivity index (χ0) is 18.9. The summed E-state index contributed by atoms with van der Waals surface area (Å²) < 4.78 is 0. The Morgan fingerprint density at radius 3 is 2.62 bits per heavy atom. The topological polar surface area (TPSA) is 142 Å². The van der Waals surface area contributed by atoms with Crippen LogP contribution in [0.1, 0.15) is 16.9 Å². The van der Waals surface area contributed by atoms with Gasteiger partial charge in [-0.25, -0.2) is 4.79 Å². The van der Waals surface area contributed by atoms with E-state index in [0.717, 1.165) is 5.56 Å². The van der Waals surface area contributed by atoms with Gasteiger partial charge in [0, 0.05) is 5.56 Å². The summed E-state index contributed by atoms with van der Waals surface area (Å²) in [5.41, 5.74) is 11.3. The number of hydrogen-bond donors (Lipinski definition) is 5. The molecule has 0 saturated heterocycles. The number of thioether (sulfide) groups is 1. The zero-order valence-corrected chi connectivity index (χ0v) is 14.9. The van der Waals surface area contributed by atoms with Crippen molar-refractivity contribution >= 4 is 29.6 Å². The molecule has 1 aromatic heterocycles. The quantitative estimate of drug-likeness (QED) is 0.451. The van der Waals surface area contributed by atoms with Crippen LogP contribution >= 0.6 is 11.8 Å². The van der Waals surface area contributed by atoms with Crippen LogP contribution in [0, 0.1) is 0 Å². The minimum atomic E-state index is -0.832. The van der Waals surface area contributed by atoms with E-state index < -0.39 is 23.9 Å². The Morgan fingerprint density at radius 2 is 1.96 bits per heavy atom. The monoisotopic (exact) mass is 376 g/mol. The van der Waals surface area contributed by atoms with E-state index in [4.69, 9.17) is 5.73 Å². The van der Waals surface area contributed by atoms with E-state index in [1.54, 1.807) is 6.07 Å². The molecule has 2 rings (SSSR count). The number of carbonyl (C=O) groups is 3. The molecule has 6 N–H and O–H groups in total. The molecule has 0 aliphatic rings. The van der Waals surface area contributed by atoms with Crippen molar-refractivity contribution in [3.63, 3.8) is 0 Å². The minimum Gasteiger partial charge on any atom is -0.352 e. The SMILES string of the molecule is CSCC[C@@H](NC(N)=O)C(=O)NNC(=O)c1cc(-c2ccccc2)n[nH]1. The summed E-state index contributed by atoms with van der Waals surface area (Å²) in [6.07, 6.45) is 2.26. The van der Waals surface area contributed by atoms with E-state index in [0.29, 0.717) is 17.9 Å². The third kappa shape index (κ3) is 5.52. The van der Waals surface area contributed by atoms with Crippen molar-refractivity contribution in [2.45, 2.75) is 12.5 Å². The highest BCUT2D eigenvalue weighted by Crippen LogP contribution is 2.16. The Kier molecular flexibility index (Phi) is 7.03. The van der Waals surface area contributed by atoms with Crippen LogP contribution in [-0.2, 0) is 4.79 Å². The molecule has 0 fully saturated rings. The maximum Gasteiger partial charge on any atom is 0.312 e. The van der Waals surface area contributed by atoms with Gasteiger partial charge < -0.3 is 11.1 Å². The third-order valence-electron chi connectivity index (χ3n) is 3.43.